The topological polar surface area (TPSA) is 62.2 Å². The van der Waals surface area contributed by atoms with Crippen molar-refractivity contribution in [1.29, 1.82) is 5.41 Å². The molecule has 0 heterocycles. The average Bonchev–Trinajstić information content (AvgIpc) is 2.18. The van der Waals surface area contributed by atoms with Gasteiger partial charge in [-0.25, -0.2) is 4.99 Å². The maximum atomic E-state index is 7.44. The summed E-state index contributed by atoms with van der Waals surface area (Å²) in [5.74, 6) is 0.402. The van der Waals surface area contributed by atoms with E-state index in [0.717, 1.165) is 5.69 Å². The van der Waals surface area contributed by atoms with Gasteiger partial charge in [-0.1, -0.05) is 25.1 Å². The molecule has 0 aromatic heterocycles. The molecular formula is C11H15N3. The molecule has 3 nitrogen and oxygen atoms in total. The third-order valence-electron chi connectivity index (χ3n) is 2.11. The number of aliphatic imine (C=N–C) groups is 1. The summed E-state index contributed by atoms with van der Waals surface area (Å²) in [5.41, 5.74) is 7.12. The van der Waals surface area contributed by atoms with E-state index in [-0.39, 0.29) is 5.92 Å². The van der Waals surface area contributed by atoms with Crippen LogP contribution in [0.15, 0.2) is 35.3 Å². The summed E-state index contributed by atoms with van der Waals surface area (Å²) >= 11 is 0. The smallest absolute Gasteiger partial charge is 0.108 e. The van der Waals surface area contributed by atoms with Gasteiger partial charge in [0.1, 0.15) is 5.84 Å². The van der Waals surface area contributed by atoms with E-state index in [1.54, 1.807) is 6.92 Å². The molecule has 1 aromatic carbocycles. The molecule has 0 radical (unpaired) electrons. The first-order valence-corrected chi connectivity index (χ1v) is 4.55. The quantitative estimate of drug-likeness (QED) is 0.556. The van der Waals surface area contributed by atoms with Crippen molar-refractivity contribution in [2.45, 2.75) is 13.8 Å². The zero-order chi connectivity index (χ0) is 10.6. The number of nitrogens with one attached hydrogen (secondary N) is 1. The van der Waals surface area contributed by atoms with Crippen LogP contribution >= 0.6 is 0 Å². The molecule has 0 spiro atoms. The van der Waals surface area contributed by atoms with Gasteiger partial charge in [-0.2, -0.15) is 0 Å². The van der Waals surface area contributed by atoms with Crippen LogP contribution in [-0.4, -0.2) is 11.5 Å². The van der Waals surface area contributed by atoms with Crippen LogP contribution in [0.1, 0.15) is 13.8 Å². The predicted molar refractivity (Wildman–Crippen MR) is 60.3 cm³/mol. The number of nitrogens with zero attached hydrogens (tertiary/aromatic N) is 1. The third-order valence-corrected chi connectivity index (χ3v) is 2.11. The standard InChI is InChI=1S/C11H15N3/c1-8(9(2)12)11(13)14-10-6-4-3-5-7-10/h3-8,12H,1-2H3,(H2,13,14). The number of para-hydroxylation sites is 1. The second kappa shape index (κ2) is 4.56. The molecule has 74 valence electrons. The Kier molecular flexibility index (Phi) is 3.40. The van der Waals surface area contributed by atoms with Crippen molar-refractivity contribution in [3.8, 4) is 0 Å². The Hall–Kier alpha value is -1.64. The first-order valence-electron chi connectivity index (χ1n) is 4.55. The number of hydrogen-bond donors (Lipinski definition) is 2. The zero-order valence-electron chi connectivity index (χ0n) is 8.49. The summed E-state index contributed by atoms with van der Waals surface area (Å²) in [6.07, 6.45) is 0. The molecule has 3 heteroatoms. The minimum absolute atomic E-state index is 0.0878. The highest BCUT2D eigenvalue weighted by Gasteiger charge is 2.08. The van der Waals surface area contributed by atoms with Gasteiger partial charge in [-0.05, 0) is 19.1 Å². The summed E-state index contributed by atoms with van der Waals surface area (Å²) in [5, 5.41) is 7.44. The average molecular weight is 189 g/mol. The van der Waals surface area contributed by atoms with Crippen LogP contribution in [0.2, 0.25) is 0 Å². The Morgan fingerprint density at radius 1 is 1.36 bits per heavy atom. The molecule has 0 saturated heterocycles. The van der Waals surface area contributed by atoms with E-state index in [2.05, 4.69) is 4.99 Å². The van der Waals surface area contributed by atoms with Gasteiger partial charge in [0.25, 0.3) is 0 Å². The highest BCUT2D eigenvalue weighted by molar-refractivity contribution is 6.03. The molecule has 0 amide bonds. The highest BCUT2D eigenvalue weighted by Crippen LogP contribution is 2.11. The third kappa shape index (κ3) is 2.69. The Bertz CT molecular complexity index is 341. The molecule has 3 N–H and O–H groups in total. The lowest BCUT2D eigenvalue weighted by atomic mass is 10.1. The van der Waals surface area contributed by atoms with Crippen LogP contribution in [0.4, 0.5) is 5.69 Å². The van der Waals surface area contributed by atoms with Gasteiger partial charge in [-0.3, -0.25) is 0 Å². The number of benzene rings is 1. The van der Waals surface area contributed by atoms with Crippen LogP contribution in [0.3, 0.4) is 0 Å². The normalized spacial score (nSPS) is 13.7. The van der Waals surface area contributed by atoms with Gasteiger partial charge in [-0.15, -0.1) is 0 Å². The first kappa shape index (κ1) is 10.4. The SMILES string of the molecule is CC(=N)C(C)C(N)=Nc1ccccc1. The number of hydrogen-bond acceptors (Lipinski definition) is 2. The second-order valence-corrected chi connectivity index (χ2v) is 3.28. The first-order chi connectivity index (χ1) is 6.61. The molecule has 1 rings (SSSR count). The van der Waals surface area contributed by atoms with Crippen LogP contribution in [0.5, 0.6) is 0 Å². The maximum absolute atomic E-state index is 7.44. The van der Waals surface area contributed by atoms with E-state index in [4.69, 9.17) is 11.1 Å². The van der Waals surface area contributed by atoms with Gasteiger partial charge in [0.05, 0.1) is 11.6 Å². The van der Waals surface area contributed by atoms with E-state index in [9.17, 15) is 0 Å². The van der Waals surface area contributed by atoms with Crippen LogP contribution < -0.4 is 5.73 Å². The van der Waals surface area contributed by atoms with Crippen molar-refractivity contribution >= 4 is 17.2 Å². The van der Waals surface area contributed by atoms with Crippen LogP contribution in [0, 0.1) is 11.3 Å². The van der Waals surface area contributed by atoms with E-state index in [1.165, 1.54) is 0 Å². The largest absolute Gasteiger partial charge is 0.387 e. The van der Waals surface area contributed by atoms with Crippen LogP contribution in [0.25, 0.3) is 0 Å². The zero-order valence-corrected chi connectivity index (χ0v) is 8.49. The summed E-state index contributed by atoms with van der Waals surface area (Å²) in [7, 11) is 0. The second-order valence-electron chi connectivity index (χ2n) is 3.28. The summed E-state index contributed by atoms with van der Waals surface area (Å²) in [4.78, 5) is 4.23. The fourth-order valence-electron chi connectivity index (χ4n) is 0.970. The van der Waals surface area contributed by atoms with Crippen molar-refractivity contribution in [3.05, 3.63) is 30.3 Å². The Balaban J connectivity index is 2.84. The minimum Gasteiger partial charge on any atom is -0.387 e. The summed E-state index contributed by atoms with van der Waals surface area (Å²) in [6.45, 7) is 3.61. The number of rotatable bonds is 3. The Morgan fingerprint density at radius 3 is 2.43 bits per heavy atom. The molecule has 1 unspecified atom stereocenters. The predicted octanol–water partition coefficient (Wildman–Crippen LogP) is 2.35. The molecule has 0 saturated carbocycles. The fourth-order valence-corrected chi connectivity index (χ4v) is 0.970. The van der Waals surface area contributed by atoms with E-state index < -0.39 is 0 Å². The van der Waals surface area contributed by atoms with Gasteiger partial charge >= 0.3 is 0 Å². The van der Waals surface area contributed by atoms with Crippen LogP contribution in [-0.2, 0) is 0 Å². The van der Waals surface area contributed by atoms with Crippen molar-refractivity contribution in [3.63, 3.8) is 0 Å². The molecule has 0 aliphatic rings. The minimum atomic E-state index is -0.0878. The lowest BCUT2D eigenvalue weighted by Crippen LogP contribution is -2.25. The Morgan fingerprint density at radius 2 is 1.93 bits per heavy atom. The van der Waals surface area contributed by atoms with Crippen molar-refractivity contribution in [1.82, 2.24) is 0 Å². The molecule has 0 aliphatic carbocycles. The van der Waals surface area contributed by atoms with E-state index in [1.807, 2.05) is 37.3 Å². The fraction of sp³-hybridized carbons (Fsp3) is 0.273. The molecule has 14 heavy (non-hydrogen) atoms. The molecule has 1 aromatic rings. The summed E-state index contributed by atoms with van der Waals surface area (Å²) in [6, 6.07) is 9.53. The Labute approximate surface area is 84.2 Å². The van der Waals surface area contributed by atoms with E-state index >= 15 is 0 Å². The van der Waals surface area contributed by atoms with Gasteiger partial charge in [0.2, 0.25) is 0 Å². The summed E-state index contributed by atoms with van der Waals surface area (Å²) < 4.78 is 0. The maximum Gasteiger partial charge on any atom is 0.108 e. The lowest BCUT2D eigenvalue weighted by Gasteiger charge is -2.08. The van der Waals surface area contributed by atoms with Crippen molar-refractivity contribution in [2.24, 2.45) is 16.6 Å². The highest BCUT2D eigenvalue weighted by atomic mass is 14.9. The number of amidine groups is 1. The number of nitrogens with two attached hydrogens (primary N) is 1. The monoisotopic (exact) mass is 189 g/mol. The van der Waals surface area contributed by atoms with Gasteiger partial charge < -0.3 is 11.1 Å². The lowest BCUT2D eigenvalue weighted by molar-refractivity contribution is 1.01. The van der Waals surface area contributed by atoms with Gasteiger partial charge in [0.15, 0.2) is 0 Å². The molecule has 1 atom stereocenters. The van der Waals surface area contributed by atoms with Crippen molar-refractivity contribution < 1.29 is 0 Å². The molecule has 0 bridgehead atoms. The molecule has 0 fully saturated rings. The van der Waals surface area contributed by atoms with Gasteiger partial charge in [0, 0.05) is 5.71 Å². The molecule has 0 aliphatic heterocycles. The molecular weight excluding hydrogens is 174 g/mol. The van der Waals surface area contributed by atoms with E-state index in [0.29, 0.717) is 11.5 Å². The van der Waals surface area contributed by atoms with Crippen molar-refractivity contribution in [2.75, 3.05) is 0 Å².